The number of nitrogens with zero attached hydrogens (tertiary/aromatic N) is 1. The van der Waals surface area contributed by atoms with Crippen LogP contribution in [0.3, 0.4) is 0 Å². The number of aromatic carboxylic acids is 1. The summed E-state index contributed by atoms with van der Waals surface area (Å²) in [5.74, 6) is -1.04. The van der Waals surface area contributed by atoms with Crippen molar-refractivity contribution in [2.45, 2.75) is 31.6 Å². The van der Waals surface area contributed by atoms with Gasteiger partial charge in [-0.2, -0.15) is 0 Å². The van der Waals surface area contributed by atoms with Crippen LogP contribution in [0.4, 0.5) is 0 Å². The molecule has 0 saturated heterocycles. The molecule has 5 heteroatoms. The van der Waals surface area contributed by atoms with E-state index in [2.05, 4.69) is 0 Å². The number of esters is 1. The highest BCUT2D eigenvalue weighted by molar-refractivity contribution is 6.01. The molecule has 0 unspecified atom stereocenters. The normalized spacial score (nSPS) is 15.4. The van der Waals surface area contributed by atoms with Crippen molar-refractivity contribution in [3.05, 3.63) is 35.0 Å². The van der Waals surface area contributed by atoms with Gasteiger partial charge in [-0.3, -0.25) is 0 Å². The van der Waals surface area contributed by atoms with E-state index in [9.17, 15) is 14.7 Å². The molecule has 1 aromatic carbocycles. The van der Waals surface area contributed by atoms with Gasteiger partial charge in [-0.15, -0.1) is 0 Å². The Hall–Kier alpha value is -2.30. The van der Waals surface area contributed by atoms with E-state index in [0.717, 1.165) is 42.1 Å². The molecule has 1 N–H and O–H groups in total. The number of benzene rings is 1. The minimum atomic E-state index is -0.916. The molecule has 1 saturated carbocycles. The van der Waals surface area contributed by atoms with Crippen LogP contribution < -0.4 is 0 Å². The number of aromatic nitrogens is 1. The summed E-state index contributed by atoms with van der Waals surface area (Å²) in [4.78, 5) is 23.4. The highest BCUT2D eigenvalue weighted by Crippen LogP contribution is 2.41. The van der Waals surface area contributed by atoms with E-state index < -0.39 is 11.9 Å². The first-order valence-corrected chi connectivity index (χ1v) is 7.48. The van der Waals surface area contributed by atoms with Gasteiger partial charge in [0, 0.05) is 18.0 Å². The molecule has 116 valence electrons. The van der Waals surface area contributed by atoms with Gasteiger partial charge in [0.1, 0.15) is 5.69 Å². The second kappa shape index (κ2) is 5.48. The lowest BCUT2D eigenvalue weighted by Crippen LogP contribution is -2.09. The van der Waals surface area contributed by atoms with E-state index in [4.69, 9.17) is 4.74 Å². The maximum atomic E-state index is 11.7. The lowest BCUT2D eigenvalue weighted by molar-refractivity contribution is 0.0600. The van der Waals surface area contributed by atoms with Gasteiger partial charge in [0.15, 0.2) is 0 Å². The topological polar surface area (TPSA) is 68.5 Å². The molecule has 1 aliphatic rings. The SMILES string of the molecule is COC(=O)c1ccc2c(C3CCCC3)c(C(=O)O)n(C)c2c1. The minimum Gasteiger partial charge on any atom is -0.477 e. The van der Waals surface area contributed by atoms with Gasteiger partial charge in [0.05, 0.1) is 12.7 Å². The maximum absolute atomic E-state index is 11.7. The third kappa shape index (κ3) is 2.17. The van der Waals surface area contributed by atoms with Crippen LogP contribution in [0, 0.1) is 0 Å². The number of rotatable bonds is 3. The highest BCUT2D eigenvalue weighted by atomic mass is 16.5. The van der Waals surface area contributed by atoms with Gasteiger partial charge in [-0.05, 0) is 36.5 Å². The molecule has 0 bridgehead atoms. The number of fused-ring (bicyclic) bond motifs is 1. The number of carboxylic acids is 1. The Balaban J connectivity index is 2.26. The van der Waals surface area contributed by atoms with Crippen molar-refractivity contribution in [2.75, 3.05) is 7.11 Å². The number of aryl methyl sites for hydroxylation is 1. The fourth-order valence-corrected chi connectivity index (χ4v) is 3.60. The van der Waals surface area contributed by atoms with Crippen LogP contribution in [0.5, 0.6) is 0 Å². The Bertz CT molecular complexity index is 754. The Morgan fingerprint density at radius 3 is 2.55 bits per heavy atom. The summed E-state index contributed by atoms with van der Waals surface area (Å²) in [6, 6.07) is 5.27. The third-order valence-corrected chi connectivity index (χ3v) is 4.63. The van der Waals surface area contributed by atoms with E-state index in [-0.39, 0.29) is 0 Å². The summed E-state index contributed by atoms with van der Waals surface area (Å²) in [7, 11) is 3.08. The third-order valence-electron chi connectivity index (χ3n) is 4.63. The first kappa shape index (κ1) is 14.6. The van der Waals surface area contributed by atoms with Crippen molar-refractivity contribution in [3.8, 4) is 0 Å². The van der Waals surface area contributed by atoms with Crippen LogP contribution in [0.2, 0.25) is 0 Å². The minimum absolute atomic E-state index is 0.291. The zero-order valence-corrected chi connectivity index (χ0v) is 12.8. The lowest BCUT2D eigenvalue weighted by Gasteiger charge is -2.10. The standard InChI is InChI=1S/C17H19NO4/c1-18-13-9-11(17(21)22-2)7-8-12(13)14(15(18)16(19)20)10-5-3-4-6-10/h7-10H,3-6H2,1-2H3,(H,19,20). The van der Waals surface area contributed by atoms with Gasteiger partial charge >= 0.3 is 11.9 Å². The zero-order chi connectivity index (χ0) is 15.9. The first-order chi connectivity index (χ1) is 10.5. The number of methoxy groups -OCH3 is 1. The maximum Gasteiger partial charge on any atom is 0.352 e. The number of carbonyl (C=O) groups excluding carboxylic acids is 1. The molecular formula is C17H19NO4. The molecule has 22 heavy (non-hydrogen) atoms. The summed E-state index contributed by atoms with van der Waals surface area (Å²) >= 11 is 0. The summed E-state index contributed by atoms with van der Waals surface area (Å²) in [6.07, 6.45) is 4.33. The van der Waals surface area contributed by atoms with Crippen LogP contribution in [0.1, 0.15) is 58.0 Å². The Labute approximate surface area is 128 Å². The second-order valence-corrected chi connectivity index (χ2v) is 5.83. The molecule has 1 heterocycles. The van der Waals surface area contributed by atoms with Crippen molar-refractivity contribution in [3.63, 3.8) is 0 Å². The summed E-state index contributed by atoms with van der Waals surface area (Å²) in [5.41, 5.74) is 2.45. The van der Waals surface area contributed by atoms with E-state index in [1.807, 2.05) is 6.07 Å². The number of hydrogen-bond acceptors (Lipinski definition) is 3. The predicted octanol–water partition coefficient (Wildman–Crippen LogP) is 3.32. The summed E-state index contributed by atoms with van der Waals surface area (Å²) < 4.78 is 6.42. The van der Waals surface area contributed by atoms with Crippen molar-refractivity contribution in [1.29, 1.82) is 0 Å². The molecule has 1 aliphatic carbocycles. The van der Waals surface area contributed by atoms with Crippen LogP contribution in [0.15, 0.2) is 18.2 Å². The largest absolute Gasteiger partial charge is 0.477 e. The Morgan fingerprint density at radius 2 is 1.95 bits per heavy atom. The molecule has 3 rings (SSSR count). The van der Waals surface area contributed by atoms with Gasteiger partial charge in [0.2, 0.25) is 0 Å². The number of hydrogen-bond donors (Lipinski definition) is 1. The van der Waals surface area contributed by atoms with Crippen molar-refractivity contribution < 1.29 is 19.4 Å². The monoisotopic (exact) mass is 301 g/mol. The second-order valence-electron chi connectivity index (χ2n) is 5.83. The van der Waals surface area contributed by atoms with E-state index >= 15 is 0 Å². The molecule has 1 fully saturated rings. The molecule has 2 aromatic rings. The number of carboxylic acid groups (broad SMARTS) is 1. The van der Waals surface area contributed by atoms with Crippen LogP contribution in [-0.4, -0.2) is 28.7 Å². The van der Waals surface area contributed by atoms with E-state index in [1.165, 1.54) is 7.11 Å². The Kier molecular flexibility index (Phi) is 3.64. The van der Waals surface area contributed by atoms with Crippen LogP contribution in [-0.2, 0) is 11.8 Å². The predicted molar refractivity (Wildman–Crippen MR) is 82.4 cm³/mol. The average molecular weight is 301 g/mol. The fourth-order valence-electron chi connectivity index (χ4n) is 3.60. The Morgan fingerprint density at radius 1 is 1.27 bits per heavy atom. The van der Waals surface area contributed by atoms with E-state index in [0.29, 0.717) is 17.2 Å². The summed E-state index contributed by atoms with van der Waals surface area (Å²) in [5, 5.41) is 10.6. The number of carbonyl (C=O) groups is 2. The average Bonchev–Trinajstić information content (AvgIpc) is 3.12. The van der Waals surface area contributed by atoms with E-state index in [1.54, 1.807) is 23.7 Å². The van der Waals surface area contributed by atoms with Crippen molar-refractivity contribution >= 4 is 22.8 Å². The molecule has 0 atom stereocenters. The highest BCUT2D eigenvalue weighted by Gasteiger charge is 2.29. The number of ether oxygens (including phenoxy) is 1. The lowest BCUT2D eigenvalue weighted by atomic mass is 9.94. The van der Waals surface area contributed by atoms with Gasteiger partial charge in [-0.1, -0.05) is 18.9 Å². The van der Waals surface area contributed by atoms with Gasteiger partial charge in [0.25, 0.3) is 0 Å². The molecule has 0 aliphatic heterocycles. The molecular weight excluding hydrogens is 282 g/mol. The van der Waals surface area contributed by atoms with Crippen LogP contribution >= 0.6 is 0 Å². The van der Waals surface area contributed by atoms with Gasteiger partial charge in [-0.25, -0.2) is 9.59 Å². The molecule has 5 nitrogen and oxygen atoms in total. The van der Waals surface area contributed by atoms with Crippen molar-refractivity contribution in [2.24, 2.45) is 7.05 Å². The van der Waals surface area contributed by atoms with Crippen LogP contribution in [0.25, 0.3) is 10.9 Å². The zero-order valence-electron chi connectivity index (χ0n) is 12.8. The quantitative estimate of drug-likeness (QED) is 0.883. The van der Waals surface area contributed by atoms with Crippen molar-refractivity contribution in [1.82, 2.24) is 4.57 Å². The molecule has 0 spiro atoms. The summed E-state index contributed by atoms with van der Waals surface area (Å²) in [6.45, 7) is 0. The first-order valence-electron chi connectivity index (χ1n) is 7.48. The van der Waals surface area contributed by atoms with Gasteiger partial charge < -0.3 is 14.4 Å². The molecule has 1 aromatic heterocycles. The smallest absolute Gasteiger partial charge is 0.352 e. The molecule has 0 amide bonds. The molecule has 0 radical (unpaired) electrons. The fraction of sp³-hybridized carbons (Fsp3) is 0.412.